The Balaban J connectivity index is 1.92. The van der Waals surface area contributed by atoms with E-state index in [2.05, 4.69) is 5.32 Å². The summed E-state index contributed by atoms with van der Waals surface area (Å²) < 4.78 is 0. The van der Waals surface area contributed by atoms with Crippen molar-refractivity contribution in [3.05, 3.63) is 29.8 Å². The number of anilines is 1. The van der Waals surface area contributed by atoms with Crippen LogP contribution in [0.1, 0.15) is 25.3 Å². The van der Waals surface area contributed by atoms with Gasteiger partial charge < -0.3 is 15.3 Å². The quantitative estimate of drug-likeness (QED) is 0.881. The topological polar surface area (TPSA) is 69.6 Å². The molecule has 5 heteroatoms. The number of hydrogen-bond acceptors (Lipinski definition) is 3. The summed E-state index contributed by atoms with van der Waals surface area (Å²) in [5.41, 5.74) is 1.79. The van der Waals surface area contributed by atoms with Crippen LogP contribution in [0.3, 0.4) is 0 Å². The van der Waals surface area contributed by atoms with Gasteiger partial charge in [0.15, 0.2) is 0 Å². The maximum absolute atomic E-state index is 12.3. The highest BCUT2D eigenvalue weighted by molar-refractivity contribution is 5.93. The lowest BCUT2D eigenvalue weighted by atomic mass is 9.97. The largest absolute Gasteiger partial charge is 0.396 e. The maximum Gasteiger partial charge on any atom is 0.229 e. The highest BCUT2D eigenvalue weighted by Crippen LogP contribution is 2.19. The molecule has 0 saturated carbocycles. The monoisotopic (exact) mass is 290 g/mol. The molecule has 1 aliphatic heterocycles. The lowest BCUT2D eigenvalue weighted by Crippen LogP contribution is -2.42. The summed E-state index contributed by atoms with van der Waals surface area (Å²) in [6.07, 6.45) is 2.30. The average molecular weight is 290 g/mol. The number of aliphatic hydroxyl groups excluding tert-OH is 1. The molecule has 2 N–H and O–H groups in total. The number of carbonyl (C=O) groups is 2. The molecule has 5 nitrogen and oxygen atoms in total. The van der Waals surface area contributed by atoms with Gasteiger partial charge in [0.1, 0.15) is 0 Å². The van der Waals surface area contributed by atoms with Crippen LogP contribution < -0.4 is 5.32 Å². The van der Waals surface area contributed by atoms with E-state index in [9.17, 15) is 9.59 Å². The molecule has 1 heterocycles. The fraction of sp³-hybridized carbons (Fsp3) is 0.500. The van der Waals surface area contributed by atoms with Gasteiger partial charge in [0, 0.05) is 32.3 Å². The molecule has 1 aromatic rings. The molecule has 0 bridgehead atoms. The number of rotatable bonds is 4. The number of nitrogens with one attached hydrogen (secondary N) is 1. The van der Waals surface area contributed by atoms with Gasteiger partial charge >= 0.3 is 0 Å². The fourth-order valence-electron chi connectivity index (χ4n) is 2.61. The zero-order chi connectivity index (χ0) is 15.2. The predicted octanol–water partition coefficient (Wildman–Crippen LogP) is 1.42. The highest BCUT2D eigenvalue weighted by atomic mass is 16.3. The zero-order valence-electron chi connectivity index (χ0n) is 12.3. The molecule has 1 fully saturated rings. The van der Waals surface area contributed by atoms with Crippen molar-refractivity contribution in [1.29, 1.82) is 0 Å². The summed E-state index contributed by atoms with van der Waals surface area (Å²) in [7, 11) is 0. The molecule has 1 aliphatic rings. The SMILES string of the molecule is CC(=O)N1CCCC(C(=O)Nc2ccc(CCO)cc2)C1. The van der Waals surface area contributed by atoms with Crippen molar-refractivity contribution in [3.63, 3.8) is 0 Å². The van der Waals surface area contributed by atoms with Gasteiger partial charge in [-0.05, 0) is 37.0 Å². The van der Waals surface area contributed by atoms with E-state index in [1.54, 1.807) is 11.8 Å². The second-order valence-corrected chi connectivity index (χ2v) is 5.46. The van der Waals surface area contributed by atoms with Crippen LogP contribution in [-0.4, -0.2) is 41.5 Å². The van der Waals surface area contributed by atoms with Crippen LogP contribution in [0.15, 0.2) is 24.3 Å². The number of piperidine rings is 1. The van der Waals surface area contributed by atoms with Gasteiger partial charge in [-0.15, -0.1) is 0 Å². The van der Waals surface area contributed by atoms with E-state index in [4.69, 9.17) is 5.11 Å². The van der Waals surface area contributed by atoms with E-state index in [1.165, 1.54) is 0 Å². The van der Waals surface area contributed by atoms with E-state index >= 15 is 0 Å². The number of hydrogen-bond donors (Lipinski definition) is 2. The lowest BCUT2D eigenvalue weighted by molar-refractivity contribution is -0.132. The van der Waals surface area contributed by atoms with E-state index in [0.717, 1.165) is 30.6 Å². The highest BCUT2D eigenvalue weighted by Gasteiger charge is 2.26. The van der Waals surface area contributed by atoms with Gasteiger partial charge in [-0.1, -0.05) is 12.1 Å². The minimum atomic E-state index is -0.139. The number of aliphatic hydroxyl groups is 1. The second kappa shape index (κ2) is 7.22. The van der Waals surface area contributed by atoms with Gasteiger partial charge in [0.25, 0.3) is 0 Å². The third-order valence-corrected chi connectivity index (χ3v) is 3.86. The van der Waals surface area contributed by atoms with Crippen LogP contribution in [0, 0.1) is 5.92 Å². The van der Waals surface area contributed by atoms with Crippen molar-refractivity contribution >= 4 is 17.5 Å². The Morgan fingerprint density at radius 1 is 1.33 bits per heavy atom. The minimum absolute atomic E-state index is 0.0286. The Kier molecular flexibility index (Phi) is 5.33. The molecule has 1 atom stereocenters. The number of benzene rings is 1. The summed E-state index contributed by atoms with van der Waals surface area (Å²) in [5.74, 6) is -0.142. The first-order valence-electron chi connectivity index (χ1n) is 7.36. The molecule has 114 valence electrons. The minimum Gasteiger partial charge on any atom is -0.396 e. The molecular weight excluding hydrogens is 268 g/mol. The molecule has 21 heavy (non-hydrogen) atoms. The van der Waals surface area contributed by atoms with Crippen LogP contribution in [0.5, 0.6) is 0 Å². The first kappa shape index (κ1) is 15.5. The fourth-order valence-corrected chi connectivity index (χ4v) is 2.61. The van der Waals surface area contributed by atoms with Crippen molar-refractivity contribution in [1.82, 2.24) is 4.90 Å². The van der Waals surface area contributed by atoms with Crippen molar-refractivity contribution in [2.24, 2.45) is 5.92 Å². The first-order valence-corrected chi connectivity index (χ1v) is 7.36. The molecule has 2 rings (SSSR count). The summed E-state index contributed by atoms with van der Waals surface area (Å²) in [4.78, 5) is 25.4. The number of carbonyl (C=O) groups excluding carboxylic acids is 2. The number of amides is 2. The number of nitrogens with zero attached hydrogens (tertiary/aromatic N) is 1. The van der Waals surface area contributed by atoms with Crippen LogP contribution in [-0.2, 0) is 16.0 Å². The zero-order valence-corrected chi connectivity index (χ0v) is 12.3. The molecule has 0 aromatic heterocycles. The second-order valence-electron chi connectivity index (χ2n) is 5.46. The van der Waals surface area contributed by atoms with E-state index < -0.39 is 0 Å². The lowest BCUT2D eigenvalue weighted by Gasteiger charge is -2.31. The third-order valence-electron chi connectivity index (χ3n) is 3.86. The molecule has 2 amide bonds. The Bertz CT molecular complexity index is 499. The molecule has 0 aliphatic carbocycles. The normalized spacial score (nSPS) is 18.4. The predicted molar refractivity (Wildman–Crippen MR) is 80.8 cm³/mol. The van der Waals surface area contributed by atoms with Crippen molar-refractivity contribution < 1.29 is 14.7 Å². The molecule has 0 radical (unpaired) electrons. The number of likely N-dealkylation sites (tertiary alicyclic amines) is 1. The Labute approximate surface area is 125 Å². The Hall–Kier alpha value is -1.88. The molecular formula is C16H22N2O3. The standard InChI is InChI=1S/C16H22N2O3/c1-12(20)18-9-2-3-14(11-18)16(21)17-15-6-4-13(5-7-15)8-10-19/h4-7,14,19H,2-3,8-11H2,1H3,(H,17,21). The van der Waals surface area contributed by atoms with E-state index in [1.807, 2.05) is 24.3 Å². The van der Waals surface area contributed by atoms with Crippen molar-refractivity contribution in [3.8, 4) is 0 Å². The van der Waals surface area contributed by atoms with Gasteiger partial charge in [-0.25, -0.2) is 0 Å². The molecule has 1 aromatic carbocycles. The summed E-state index contributed by atoms with van der Waals surface area (Å²) in [6.45, 7) is 2.91. The molecule has 1 unspecified atom stereocenters. The summed E-state index contributed by atoms with van der Waals surface area (Å²) >= 11 is 0. The summed E-state index contributed by atoms with van der Waals surface area (Å²) in [6, 6.07) is 7.48. The van der Waals surface area contributed by atoms with Crippen LogP contribution >= 0.6 is 0 Å². The summed E-state index contributed by atoms with van der Waals surface area (Å²) in [5, 5.41) is 11.8. The molecule has 1 saturated heterocycles. The van der Waals surface area contributed by atoms with Gasteiger partial charge in [0.2, 0.25) is 11.8 Å². The van der Waals surface area contributed by atoms with E-state index in [0.29, 0.717) is 13.0 Å². The van der Waals surface area contributed by atoms with Gasteiger partial charge in [-0.3, -0.25) is 9.59 Å². The first-order chi connectivity index (χ1) is 10.1. The molecule has 0 spiro atoms. The van der Waals surface area contributed by atoms with Gasteiger partial charge in [0.05, 0.1) is 5.92 Å². The van der Waals surface area contributed by atoms with Crippen LogP contribution in [0.2, 0.25) is 0 Å². The van der Waals surface area contributed by atoms with Crippen LogP contribution in [0.25, 0.3) is 0 Å². The van der Waals surface area contributed by atoms with E-state index in [-0.39, 0.29) is 24.3 Å². The Morgan fingerprint density at radius 3 is 2.67 bits per heavy atom. The third kappa shape index (κ3) is 4.29. The van der Waals surface area contributed by atoms with Crippen LogP contribution in [0.4, 0.5) is 5.69 Å². The Morgan fingerprint density at radius 2 is 2.05 bits per heavy atom. The van der Waals surface area contributed by atoms with Crippen molar-refractivity contribution in [2.75, 3.05) is 25.0 Å². The smallest absolute Gasteiger partial charge is 0.229 e. The van der Waals surface area contributed by atoms with Gasteiger partial charge in [-0.2, -0.15) is 0 Å². The maximum atomic E-state index is 12.3. The average Bonchev–Trinajstić information content (AvgIpc) is 2.49. The van der Waals surface area contributed by atoms with Crippen molar-refractivity contribution in [2.45, 2.75) is 26.2 Å².